The van der Waals surface area contributed by atoms with Gasteiger partial charge < -0.3 is 5.32 Å². The van der Waals surface area contributed by atoms with Crippen molar-refractivity contribution in [1.29, 1.82) is 0 Å². The quantitative estimate of drug-likeness (QED) is 0.734. The van der Waals surface area contributed by atoms with Crippen molar-refractivity contribution in [3.05, 3.63) is 34.9 Å². The van der Waals surface area contributed by atoms with Crippen LogP contribution in [0.3, 0.4) is 0 Å². The molecule has 3 atom stereocenters. The highest BCUT2D eigenvalue weighted by Crippen LogP contribution is 2.35. The van der Waals surface area contributed by atoms with Gasteiger partial charge in [-0.3, -0.25) is 0 Å². The molecule has 0 heterocycles. The van der Waals surface area contributed by atoms with E-state index in [0.717, 1.165) is 17.8 Å². The zero-order chi connectivity index (χ0) is 15.2. The third kappa shape index (κ3) is 5.14. The SMILES string of the molecule is CCCNCC1CCC(C)CC1Cc1cc(C)cc(C)c1. The predicted molar refractivity (Wildman–Crippen MR) is 92.8 cm³/mol. The van der Waals surface area contributed by atoms with Crippen LogP contribution in [0.5, 0.6) is 0 Å². The smallest absolute Gasteiger partial charge is 0.00178 e. The van der Waals surface area contributed by atoms with Gasteiger partial charge in [-0.15, -0.1) is 0 Å². The van der Waals surface area contributed by atoms with Crippen LogP contribution in [0, 0.1) is 31.6 Å². The summed E-state index contributed by atoms with van der Waals surface area (Å²) in [5.74, 6) is 2.64. The molecule has 1 nitrogen and oxygen atoms in total. The first-order chi connectivity index (χ1) is 10.1. The molecule has 3 unspecified atom stereocenters. The summed E-state index contributed by atoms with van der Waals surface area (Å²) in [6.45, 7) is 11.5. The molecule has 1 aliphatic rings. The third-order valence-electron chi connectivity index (χ3n) is 5.01. The minimum Gasteiger partial charge on any atom is -0.316 e. The van der Waals surface area contributed by atoms with Gasteiger partial charge in [0, 0.05) is 0 Å². The minimum absolute atomic E-state index is 0.860. The van der Waals surface area contributed by atoms with Gasteiger partial charge in [-0.05, 0) is 75.9 Å². The first-order valence-corrected chi connectivity index (χ1v) is 8.86. The molecule has 0 aliphatic heterocycles. The topological polar surface area (TPSA) is 12.0 Å². The number of benzene rings is 1. The first-order valence-electron chi connectivity index (χ1n) is 8.86. The van der Waals surface area contributed by atoms with Gasteiger partial charge in [0.1, 0.15) is 0 Å². The Morgan fingerprint density at radius 2 is 1.76 bits per heavy atom. The first kappa shape index (κ1) is 16.5. The highest BCUT2D eigenvalue weighted by atomic mass is 14.9. The molecule has 1 N–H and O–H groups in total. The molecule has 2 rings (SSSR count). The van der Waals surface area contributed by atoms with Crippen molar-refractivity contribution in [2.45, 2.75) is 59.8 Å². The number of aryl methyl sites for hydroxylation is 2. The molecule has 118 valence electrons. The third-order valence-corrected chi connectivity index (χ3v) is 5.01. The maximum atomic E-state index is 3.66. The average molecular weight is 287 g/mol. The molecule has 0 radical (unpaired) electrons. The summed E-state index contributed by atoms with van der Waals surface area (Å²) in [5, 5.41) is 3.66. The lowest BCUT2D eigenvalue weighted by atomic mass is 9.72. The second-order valence-electron chi connectivity index (χ2n) is 7.34. The molecule has 0 amide bonds. The fourth-order valence-electron chi connectivity index (χ4n) is 4.03. The Hall–Kier alpha value is -0.820. The van der Waals surface area contributed by atoms with Gasteiger partial charge in [0.2, 0.25) is 0 Å². The fourth-order valence-corrected chi connectivity index (χ4v) is 4.03. The van der Waals surface area contributed by atoms with Gasteiger partial charge in [0.05, 0.1) is 0 Å². The molecule has 1 aromatic rings. The normalized spacial score (nSPS) is 26.0. The van der Waals surface area contributed by atoms with Crippen LogP contribution in [0.25, 0.3) is 0 Å². The molecule has 1 saturated carbocycles. The molecule has 1 fully saturated rings. The van der Waals surface area contributed by atoms with E-state index in [1.54, 1.807) is 5.56 Å². The monoisotopic (exact) mass is 287 g/mol. The van der Waals surface area contributed by atoms with Gasteiger partial charge >= 0.3 is 0 Å². The van der Waals surface area contributed by atoms with Crippen molar-refractivity contribution in [1.82, 2.24) is 5.32 Å². The zero-order valence-electron chi connectivity index (χ0n) is 14.4. The second kappa shape index (κ2) is 7.98. The summed E-state index contributed by atoms with van der Waals surface area (Å²) < 4.78 is 0. The van der Waals surface area contributed by atoms with Crippen molar-refractivity contribution < 1.29 is 0 Å². The molecular weight excluding hydrogens is 254 g/mol. The van der Waals surface area contributed by atoms with E-state index in [4.69, 9.17) is 0 Å². The molecule has 1 heteroatoms. The number of rotatable bonds is 6. The summed E-state index contributed by atoms with van der Waals surface area (Å²) in [4.78, 5) is 0. The van der Waals surface area contributed by atoms with Gasteiger partial charge in [-0.25, -0.2) is 0 Å². The van der Waals surface area contributed by atoms with Crippen molar-refractivity contribution in [3.8, 4) is 0 Å². The van der Waals surface area contributed by atoms with Gasteiger partial charge in [-0.2, -0.15) is 0 Å². The van der Waals surface area contributed by atoms with Crippen LogP contribution >= 0.6 is 0 Å². The Morgan fingerprint density at radius 3 is 2.43 bits per heavy atom. The molecule has 0 aromatic heterocycles. The summed E-state index contributed by atoms with van der Waals surface area (Å²) >= 11 is 0. The molecule has 21 heavy (non-hydrogen) atoms. The Labute approximate surface area is 131 Å². The Bertz CT molecular complexity index is 417. The number of nitrogens with one attached hydrogen (secondary N) is 1. The van der Waals surface area contributed by atoms with Crippen molar-refractivity contribution in [2.75, 3.05) is 13.1 Å². The van der Waals surface area contributed by atoms with E-state index in [0.29, 0.717) is 0 Å². The predicted octanol–water partition coefficient (Wildman–Crippen LogP) is 4.90. The minimum atomic E-state index is 0.860. The van der Waals surface area contributed by atoms with Crippen LogP contribution in [-0.4, -0.2) is 13.1 Å². The van der Waals surface area contributed by atoms with Crippen molar-refractivity contribution in [3.63, 3.8) is 0 Å². The van der Waals surface area contributed by atoms with Gasteiger partial charge in [-0.1, -0.05) is 49.6 Å². The van der Waals surface area contributed by atoms with Crippen LogP contribution in [0.2, 0.25) is 0 Å². The van der Waals surface area contributed by atoms with Gasteiger partial charge in [0.15, 0.2) is 0 Å². The van der Waals surface area contributed by atoms with E-state index < -0.39 is 0 Å². The van der Waals surface area contributed by atoms with Crippen LogP contribution in [0.1, 0.15) is 56.2 Å². The Balaban J connectivity index is 2.01. The molecular formula is C20H33N. The molecule has 0 bridgehead atoms. The Morgan fingerprint density at radius 1 is 1.05 bits per heavy atom. The van der Waals surface area contributed by atoms with Crippen molar-refractivity contribution >= 4 is 0 Å². The highest BCUT2D eigenvalue weighted by molar-refractivity contribution is 5.29. The highest BCUT2D eigenvalue weighted by Gasteiger charge is 2.28. The summed E-state index contributed by atoms with van der Waals surface area (Å²) in [6, 6.07) is 7.07. The van der Waals surface area contributed by atoms with Crippen molar-refractivity contribution in [2.24, 2.45) is 17.8 Å². The Kier molecular flexibility index (Phi) is 6.29. The standard InChI is InChI=1S/C20H33N/c1-5-8-21-14-19-7-6-15(2)12-20(19)13-18-10-16(3)9-17(4)11-18/h9-11,15,19-21H,5-8,12-14H2,1-4H3. The maximum absolute atomic E-state index is 3.66. The molecule has 1 aromatic carbocycles. The van der Waals surface area contributed by atoms with Crippen LogP contribution < -0.4 is 5.32 Å². The summed E-state index contributed by atoms with van der Waals surface area (Å²) in [5.41, 5.74) is 4.37. The van der Waals surface area contributed by atoms with Crippen LogP contribution in [0.15, 0.2) is 18.2 Å². The number of hydrogen-bond acceptors (Lipinski definition) is 1. The lowest BCUT2D eigenvalue weighted by Gasteiger charge is -2.35. The van der Waals surface area contributed by atoms with Crippen LogP contribution in [-0.2, 0) is 6.42 Å². The zero-order valence-corrected chi connectivity index (χ0v) is 14.4. The van der Waals surface area contributed by atoms with E-state index in [1.165, 1.54) is 56.3 Å². The molecule has 1 aliphatic carbocycles. The van der Waals surface area contributed by atoms with E-state index in [2.05, 4.69) is 51.2 Å². The van der Waals surface area contributed by atoms with E-state index in [9.17, 15) is 0 Å². The largest absolute Gasteiger partial charge is 0.316 e. The lowest BCUT2D eigenvalue weighted by Crippen LogP contribution is -2.34. The summed E-state index contributed by atoms with van der Waals surface area (Å²) in [6.07, 6.45) is 6.75. The fraction of sp³-hybridized carbons (Fsp3) is 0.700. The average Bonchev–Trinajstić information content (AvgIpc) is 2.40. The summed E-state index contributed by atoms with van der Waals surface area (Å²) in [7, 11) is 0. The van der Waals surface area contributed by atoms with Gasteiger partial charge in [0.25, 0.3) is 0 Å². The second-order valence-corrected chi connectivity index (χ2v) is 7.34. The molecule has 0 saturated heterocycles. The van der Waals surface area contributed by atoms with E-state index in [1.807, 2.05) is 0 Å². The number of hydrogen-bond donors (Lipinski definition) is 1. The maximum Gasteiger partial charge on any atom is -0.00178 e. The molecule has 0 spiro atoms. The van der Waals surface area contributed by atoms with E-state index in [-0.39, 0.29) is 0 Å². The lowest BCUT2D eigenvalue weighted by molar-refractivity contribution is 0.184. The van der Waals surface area contributed by atoms with Crippen LogP contribution in [0.4, 0.5) is 0 Å². The van der Waals surface area contributed by atoms with E-state index >= 15 is 0 Å².